The van der Waals surface area contributed by atoms with E-state index in [1.54, 1.807) is 12.0 Å². The number of nitrogens with zero attached hydrogens (tertiary/aromatic N) is 1. The fraction of sp³-hybridized carbons (Fsp3) is 0.375. The first kappa shape index (κ1) is 28.8. The second-order valence-electron chi connectivity index (χ2n) is 10.5. The minimum absolute atomic E-state index is 0.0726. The van der Waals surface area contributed by atoms with Gasteiger partial charge < -0.3 is 19.7 Å². The lowest BCUT2D eigenvalue weighted by Crippen LogP contribution is -2.54. The molecule has 0 saturated carbocycles. The summed E-state index contributed by atoms with van der Waals surface area (Å²) >= 11 is 0. The Labute approximate surface area is 227 Å². The van der Waals surface area contributed by atoms with Crippen LogP contribution in [0.2, 0.25) is 0 Å². The fourth-order valence-corrected chi connectivity index (χ4v) is 4.21. The van der Waals surface area contributed by atoms with Gasteiger partial charge in [-0.2, -0.15) is 0 Å². The average molecular weight is 517 g/mol. The van der Waals surface area contributed by atoms with Gasteiger partial charge in [-0.3, -0.25) is 9.59 Å². The summed E-state index contributed by atoms with van der Waals surface area (Å²) in [5.41, 5.74) is 2.70. The van der Waals surface area contributed by atoms with Crippen LogP contribution in [0.3, 0.4) is 0 Å². The monoisotopic (exact) mass is 516 g/mol. The van der Waals surface area contributed by atoms with Gasteiger partial charge in [0, 0.05) is 24.9 Å². The summed E-state index contributed by atoms with van der Waals surface area (Å²) in [5.74, 6) is 1.26. The molecule has 202 valence electrons. The van der Waals surface area contributed by atoms with Crippen LogP contribution in [0.1, 0.15) is 50.3 Å². The smallest absolute Gasteiger partial charge is 0.243 e. The molecule has 0 aliphatic heterocycles. The van der Waals surface area contributed by atoms with E-state index in [9.17, 15) is 9.59 Å². The number of methoxy groups -OCH3 is 1. The number of nitrogens with one attached hydrogen (secondary N) is 1. The molecule has 0 radical (unpaired) electrons. The van der Waals surface area contributed by atoms with Gasteiger partial charge in [-0.1, -0.05) is 54.6 Å². The zero-order chi connectivity index (χ0) is 27.5. The quantitative estimate of drug-likeness (QED) is 0.313. The zero-order valence-corrected chi connectivity index (χ0v) is 23.2. The SMILES string of the molecule is COc1ccc(OCCCC(=O)N(Cc2ccccc2C)[C@@H](Cc2ccccc2)C(=O)NC(C)(C)C)cc1. The van der Waals surface area contributed by atoms with Crippen molar-refractivity contribution >= 4 is 11.8 Å². The topological polar surface area (TPSA) is 67.9 Å². The first-order valence-electron chi connectivity index (χ1n) is 13.1. The molecule has 6 heteroatoms. The molecule has 3 aromatic rings. The normalized spacial score (nSPS) is 11.9. The highest BCUT2D eigenvalue weighted by Gasteiger charge is 2.32. The summed E-state index contributed by atoms with van der Waals surface area (Å²) in [6, 6.07) is 24.6. The Morgan fingerprint density at radius 1 is 0.895 bits per heavy atom. The molecular formula is C32H40N2O4. The fourth-order valence-electron chi connectivity index (χ4n) is 4.21. The molecule has 0 saturated heterocycles. The van der Waals surface area contributed by atoms with Crippen LogP contribution in [0.25, 0.3) is 0 Å². The van der Waals surface area contributed by atoms with Crippen molar-refractivity contribution in [3.8, 4) is 11.5 Å². The summed E-state index contributed by atoms with van der Waals surface area (Å²) in [6.45, 7) is 8.65. The van der Waals surface area contributed by atoms with Crippen molar-refractivity contribution in [3.05, 3.63) is 95.6 Å². The number of hydrogen-bond acceptors (Lipinski definition) is 4. The van der Waals surface area contributed by atoms with Gasteiger partial charge in [0.25, 0.3) is 0 Å². The molecule has 0 fully saturated rings. The molecule has 2 amide bonds. The Bertz CT molecular complexity index is 1170. The maximum Gasteiger partial charge on any atom is 0.243 e. The van der Waals surface area contributed by atoms with E-state index >= 15 is 0 Å². The molecule has 0 spiro atoms. The zero-order valence-electron chi connectivity index (χ0n) is 23.2. The Morgan fingerprint density at radius 2 is 1.53 bits per heavy atom. The van der Waals surface area contributed by atoms with Crippen LogP contribution >= 0.6 is 0 Å². The molecule has 1 atom stereocenters. The number of rotatable bonds is 12. The van der Waals surface area contributed by atoms with Crippen LogP contribution in [-0.2, 0) is 22.6 Å². The number of carbonyl (C=O) groups excluding carboxylic acids is 2. The van der Waals surface area contributed by atoms with Gasteiger partial charge in [-0.05, 0) is 75.1 Å². The molecule has 1 N–H and O–H groups in total. The predicted octanol–water partition coefficient (Wildman–Crippen LogP) is 5.72. The van der Waals surface area contributed by atoms with Crippen molar-refractivity contribution < 1.29 is 19.1 Å². The molecule has 0 bridgehead atoms. The maximum absolute atomic E-state index is 13.7. The summed E-state index contributed by atoms with van der Waals surface area (Å²) in [5, 5.41) is 3.11. The summed E-state index contributed by atoms with van der Waals surface area (Å²) in [7, 11) is 1.62. The van der Waals surface area contributed by atoms with Crippen molar-refractivity contribution in [3.63, 3.8) is 0 Å². The number of ether oxygens (including phenoxy) is 2. The number of carbonyl (C=O) groups is 2. The van der Waals surface area contributed by atoms with Crippen LogP contribution in [0, 0.1) is 6.92 Å². The minimum Gasteiger partial charge on any atom is -0.497 e. The highest BCUT2D eigenvalue weighted by Crippen LogP contribution is 2.20. The van der Waals surface area contributed by atoms with E-state index in [0.29, 0.717) is 26.0 Å². The van der Waals surface area contributed by atoms with Crippen LogP contribution in [0.4, 0.5) is 0 Å². The van der Waals surface area contributed by atoms with Gasteiger partial charge in [0.05, 0.1) is 13.7 Å². The predicted molar refractivity (Wildman–Crippen MR) is 151 cm³/mol. The maximum atomic E-state index is 13.7. The highest BCUT2D eigenvalue weighted by atomic mass is 16.5. The average Bonchev–Trinajstić information content (AvgIpc) is 2.89. The molecule has 6 nitrogen and oxygen atoms in total. The van der Waals surface area contributed by atoms with E-state index < -0.39 is 11.6 Å². The van der Waals surface area contributed by atoms with Crippen molar-refractivity contribution in [2.45, 2.75) is 65.1 Å². The van der Waals surface area contributed by atoms with Crippen LogP contribution in [0.15, 0.2) is 78.9 Å². The minimum atomic E-state index is -0.647. The largest absolute Gasteiger partial charge is 0.497 e. The second kappa shape index (κ2) is 13.7. The van der Waals surface area contributed by atoms with Gasteiger partial charge in [0.2, 0.25) is 11.8 Å². The molecule has 0 heterocycles. The van der Waals surface area contributed by atoms with Gasteiger partial charge in [0.1, 0.15) is 17.5 Å². The van der Waals surface area contributed by atoms with E-state index in [1.807, 2.05) is 107 Å². The van der Waals surface area contributed by atoms with Crippen LogP contribution in [-0.4, -0.2) is 42.0 Å². The first-order valence-corrected chi connectivity index (χ1v) is 13.1. The molecule has 0 unspecified atom stereocenters. The standard InChI is InChI=1S/C32H40N2O4/c1-24-12-9-10-15-26(24)23-34(30(35)16-11-21-38-28-19-17-27(37-5)18-20-28)29(31(36)33-32(2,3)4)22-25-13-7-6-8-14-25/h6-10,12-15,17-20,29H,11,16,21-23H2,1-5H3,(H,33,36)/t29-/m0/s1. The van der Waals surface area contributed by atoms with E-state index in [2.05, 4.69) is 5.32 Å². The van der Waals surface area contributed by atoms with E-state index in [1.165, 1.54) is 0 Å². The third-order valence-corrected chi connectivity index (χ3v) is 6.23. The second-order valence-corrected chi connectivity index (χ2v) is 10.5. The Balaban J connectivity index is 1.80. The first-order chi connectivity index (χ1) is 18.2. The Morgan fingerprint density at radius 3 is 2.16 bits per heavy atom. The Hall–Kier alpha value is -3.80. The molecule has 3 rings (SSSR count). The lowest BCUT2D eigenvalue weighted by atomic mass is 9.99. The number of benzene rings is 3. The number of aryl methyl sites for hydroxylation is 1. The summed E-state index contributed by atoms with van der Waals surface area (Å²) < 4.78 is 11.0. The summed E-state index contributed by atoms with van der Waals surface area (Å²) in [4.78, 5) is 29.1. The summed E-state index contributed by atoms with van der Waals surface area (Å²) in [6.07, 6.45) is 1.24. The van der Waals surface area contributed by atoms with E-state index in [-0.39, 0.29) is 18.2 Å². The molecule has 38 heavy (non-hydrogen) atoms. The Kier molecular flexibility index (Phi) is 10.3. The van der Waals surface area contributed by atoms with E-state index in [4.69, 9.17) is 9.47 Å². The van der Waals surface area contributed by atoms with Gasteiger partial charge >= 0.3 is 0 Å². The third kappa shape index (κ3) is 8.94. The lowest BCUT2D eigenvalue weighted by Gasteiger charge is -2.34. The van der Waals surface area contributed by atoms with Gasteiger partial charge in [-0.15, -0.1) is 0 Å². The van der Waals surface area contributed by atoms with Gasteiger partial charge in [0.15, 0.2) is 0 Å². The van der Waals surface area contributed by atoms with Crippen LogP contribution < -0.4 is 14.8 Å². The van der Waals surface area contributed by atoms with Crippen molar-refractivity contribution in [2.75, 3.05) is 13.7 Å². The van der Waals surface area contributed by atoms with Crippen molar-refractivity contribution in [1.82, 2.24) is 10.2 Å². The molecule has 0 aliphatic rings. The van der Waals surface area contributed by atoms with Gasteiger partial charge in [-0.25, -0.2) is 0 Å². The number of amides is 2. The molecular weight excluding hydrogens is 476 g/mol. The lowest BCUT2D eigenvalue weighted by molar-refractivity contribution is -0.142. The molecule has 0 aliphatic carbocycles. The molecule has 0 aromatic heterocycles. The highest BCUT2D eigenvalue weighted by molar-refractivity contribution is 5.88. The van der Waals surface area contributed by atoms with Crippen LogP contribution in [0.5, 0.6) is 11.5 Å². The van der Waals surface area contributed by atoms with Crippen molar-refractivity contribution in [1.29, 1.82) is 0 Å². The van der Waals surface area contributed by atoms with E-state index in [0.717, 1.165) is 28.2 Å². The number of hydrogen-bond donors (Lipinski definition) is 1. The third-order valence-electron chi connectivity index (χ3n) is 6.23. The van der Waals surface area contributed by atoms with Crippen molar-refractivity contribution in [2.24, 2.45) is 0 Å². The molecule has 3 aromatic carbocycles.